The minimum Gasteiger partial charge on any atom is -0.349 e. The molecule has 8 heteroatoms. The summed E-state index contributed by atoms with van der Waals surface area (Å²) in [6, 6.07) is 4.73. The molecule has 0 radical (unpaired) electrons. The van der Waals surface area contributed by atoms with Gasteiger partial charge in [-0.3, -0.25) is 9.48 Å². The molecular formula is C18H22ClFN4OS. The molecule has 1 fully saturated rings. The molecule has 1 unspecified atom stereocenters. The van der Waals surface area contributed by atoms with Gasteiger partial charge in [0.1, 0.15) is 5.82 Å². The summed E-state index contributed by atoms with van der Waals surface area (Å²) in [6.45, 7) is 1.43. The van der Waals surface area contributed by atoms with Crippen molar-refractivity contribution in [3.8, 4) is 0 Å². The molecule has 3 atom stereocenters. The van der Waals surface area contributed by atoms with Crippen LogP contribution in [0.4, 0.5) is 4.39 Å². The Labute approximate surface area is 162 Å². The van der Waals surface area contributed by atoms with Gasteiger partial charge in [0.25, 0.3) is 0 Å². The van der Waals surface area contributed by atoms with E-state index in [0.29, 0.717) is 6.54 Å². The smallest absolute Gasteiger partial charge is 0.225 e. The third kappa shape index (κ3) is 3.75. The lowest BCUT2D eigenvalue weighted by Crippen LogP contribution is -2.38. The maximum absolute atomic E-state index is 13.7. The van der Waals surface area contributed by atoms with Crippen molar-refractivity contribution < 1.29 is 9.18 Å². The van der Waals surface area contributed by atoms with Crippen molar-refractivity contribution in [1.29, 1.82) is 0 Å². The molecule has 0 aliphatic carbocycles. The maximum atomic E-state index is 13.7. The minimum absolute atomic E-state index is 0. The lowest BCUT2D eigenvalue weighted by Gasteiger charge is -2.28. The molecule has 2 aliphatic heterocycles. The molecule has 2 N–H and O–H groups in total. The van der Waals surface area contributed by atoms with Crippen LogP contribution in [0.5, 0.6) is 0 Å². The quantitative estimate of drug-likeness (QED) is 0.837. The summed E-state index contributed by atoms with van der Waals surface area (Å²) in [4.78, 5) is 14.0. The van der Waals surface area contributed by atoms with E-state index in [9.17, 15) is 9.18 Å². The molecule has 26 heavy (non-hydrogen) atoms. The standard InChI is InChI=1S/C18H21FN4OS.ClH/c1-23-10-11(7-21-23)14-8-20-9-15(14)18(24)22-16-4-5-25-17-3-2-12(19)6-13(16)17;/h2-3,6-7,10,14-16,20H,4-5,8-9H2,1H3,(H,22,24);1H/t14-,15+,16?;/m1./s1. The highest BCUT2D eigenvalue weighted by Crippen LogP contribution is 2.37. The van der Waals surface area contributed by atoms with Gasteiger partial charge in [0.05, 0.1) is 18.2 Å². The number of halogens is 2. The molecule has 1 aromatic carbocycles. The second kappa shape index (κ2) is 7.98. The Morgan fingerprint density at radius 1 is 1.42 bits per heavy atom. The SMILES string of the molecule is Cl.Cn1cc([C@H]2CNC[C@@H]2C(=O)NC2CCSc3ccc(F)cc32)cn1. The first-order valence-electron chi connectivity index (χ1n) is 8.53. The van der Waals surface area contributed by atoms with E-state index >= 15 is 0 Å². The predicted octanol–water partition coefficient (Wildman–Crippen LogP) is 2.64. The Hall–Kier alpha value is -1.57. The van der Waals surface area contributed by atoms with Gasteiger partial charge < -0.3 is 10.6 Å². The molecule has 4 rings (SSSR count). The zero-order valence-corrected chi connectivity index (χ0v) is 16.1. The molecule has 5 nitrogen and oxygen atoms in total. The summed E-state index contributed by atoms with van der Waals surface area (Å²) in [5, 5.41) is 10.7. The number of carbonyl (C=O) groups is 1. The van der Waals surface area contributed by atoms with Crippen molar-refractivity contribution in [2.45, 2.75) is 23.3 Å². The van der Waals surface area contributed by atoms with Gasteiger partial charge in [0.15, 0.2) is 0 Å². The normalized spacial score (nSPS) is 24.6. The topological polar surface area (TPSA) is 59.0 Å². The Kier molecular flexibility index (Phi) is 5.89. The second-order valence-corrected chi connectivity index (χ2v) is 7.84. The lowest BCUT2D eigenvalue weighted by molar-refractivity contribution is -0.125. The van der Waals surface area contributed by atoms with Gasteiger partial charge in [0, 0.05) is 42.9 Å². The minimum atomic E-state index is -0.253. The van der Waals surface area contributed by atoms with Crippen LogP contribution in [0.3, 0.4) is 0 Å². The van der Waals surface area contributed by atoms with E-state index in [1.807, 2.05) is 25.5 Å². The highest BCUT2D eigenvalue weighted by atomic mass is 35.5. The van der Waals surface area contributed by atoms with Crippen LogP contribution in [0.15, 0.2) is 35.5 Å². The van der Waals surface area contributed by atoms with Crippen LogP contribution in [0.25, 0.3) is 0 Å². The number of hydrogen-bond donors (Lipinski definition) is 2. The van der Waals surface area contributed by atoms with Crippen molar-refractivity contribution in [2.24, 2.45) is 13.0 Å². The Morgan fingerprint density at radius 3 is 3.04 bits per heavy atom. The van der Waals surface area contributed by atoms with Crippen LogP contribution in [-0.4, -0.2) is 34.5 Å². The highest BCUT2D eigenvalue weighted by molar-refractivity contribution is 7.99. The summed E-state index contributed by atoms with van der Waals surface area (Å²) in [6.07, 6.45) is 4.63. The number of nitrogens with one attached hydrogen (secondary N) is 2. The number of nitrogens with zero attached hydrogens (tertiary/aromatic N) is 2. The fourth-order valence-electron chi connectivity index (χ4n) is 3.73. The van der Waals surface area contributed by atoms with Gasteiger partial charge in [-0.2, -0.15) is 5.10 Å². The third-order valence-corrected chi connectivity index (χ3v) is 6.15. The van der Waals surface area contributed by atoms with Gasteiger partial charge >= 0.3 is 0 Å². The van der Waals surface area contributed by atoms with Gasteiger partial charge in [-0.15, -0.1) is 24.2 Å². The summed E-state index contributed by atoms with van der Waals surface area (Å²) in [5.41, 5.74) is 1.98. The van der Waals surface area contributed by atoms with Gasteiger partial charge in [0.2, 0.25) is 5.91 Å². The number of benzene rings is 1. The van der Waals surface area contributed by atoms with Crippen molar-refractivity contribution in [3.05, 3.63) is 47.5 Å². The molecule has 2 aliphatic rings. The Balaban J connectivity index is 0.00000196. The second-order valence-electron chi connectivity index (χ2n) is 6.70. The average Bonchev–Trinajstić information content (AvgIpc) is 3.24. The predicted molar refractivity (Wildman–Crippen MR) is 102 cm³/mol. The van der Waals surface area contributed by atoms with Gasteiger partial charge in [-0.1, -0.05) is 0 Å². The number of hydrogen-bond acceptors (Lipinski definition) is 4. The summed E-state index contributed by atoms with van der Waals surface area (Å²) in [7, 11) is 1.88. The molecule has 3 heterocycles. The fourth-order valence-corrected chi connectivity index (χ4v) is 4.84. The molecular weight excluding hydrogens is 375 g/mol. The number of thioether (sulfide) groups is 1. The van der Waals surface area contributed by atoms with Crippen molar-refractivity contribution in [3.63, 3.8) is 0 Å². The third-order valence-electron chi connectivity index (χ3n) is 5.03. The molecule has 1 amide bonds. The van der Waals surface area contributed by atoms with E-state index < -0.39 is 0 Å². The number of rotatable bonds is 3. The summed E-state index contributed by atoms with van der Waals surface area (Å²) >= 11 is 1.72. The largest absolute Gasteiger partial charge is 0.349 e. The van der Waals surface area contributed by atoms with E-state index in [0.717, 1.165) is 34.7 Å². The molecule has 140 valence electrons. The lowest BCUT2D eigenvalue weighted by atomic mass is 9.89. The summed E-state index contributed by atoms with van der Waals surface area (Å²) in [5.74, 6) is 0.704. The van der Waals surface area contributed by atoms with Crippen LogP contribution in [0.2, 0.25) is 0 Å². The summed E-state index contributed by atoms with van der Waals surface area (Å²) < 4.78 is 15.4. The fraction of sp³-hybridized carbons (Fsp3) is 0.444. The monoisotopic (exact) mass is 396 g/mol. The Bertz CT molecular complexity index is 799. The average molecular weight is 397 g/mol. The zero-order valence-electron chi connectivity index (χ0n) is 14.4. The molecule has 2 aromatic rings. The molecule has 0 saturated carbocycles. The number of aromatic nitrogens is 2. The van der Waals surface area contributed by atoms with E-state index in [1.165, 1.54) is 6.07 Å². The zero-order chi connectivity index (χ0) is 17.4. The van der Waals surface area contributed by atoms with Gasteiger partial charge in [-0.25, -0.2) is 4.39 Å². The van der Waals surface area contributed by atoms with Crippen molar-refractivity contribution in [1.82, 2.24) is 20.4 Å². The van der Waals surface area contributed by atoms with Gasteiger partial charge in [-0.05, 0) is 35.7 Å². The van der Waals surface area contributed by atoms with Crippen LogP contribution >= 0.6 is 24.2 Å². The Morgan fingerprint density at radius 2 is 2.27 bits per heavy atom. The van der Waals surface area contributed by atoms with Crippen LogP contribution in [0.1, 0.15) is 29.5 Å². The maximum Gasteiger partial charge on any atom is 0.225 e. The van der Waals surface area contributed by atoms with E-state index in [1.54, 1.807) is 22.5 Å². The first-order chi connectivity index (χ1) is 12.1. The molecule has 1 saturated heterocycles. The number of carbonyl (C=O) groups excluding carboxylic acids is 1. The van der Waals surface area contributed by atoms with E-state index in [4.69, 9.17) is 0 Å². The first kappa shape index (κ1) is 19.2. The van der Waals surface area contributed by atoms with Crippen LogP contribution in [0, 0.1) is 11.7 Å². The number of amides is 1. The van der Waals surface area contributed by atoms with Crippen molar-refractivity contribution >= 4 is 30.1 Å². The number of fused-ring (bicyclic) bond motifs is 1. The molecule has 0 bridgehead atoms. The highest BCUT2D eigenvalue weighted by Gasteiger charge is 2.36. The van der Waals surface area contributed by atoms with Crippen LogP contribution < -0.4 is 10.6 Å². The molecule has 0 spiro atoms. The van der Waals surface area contributed by atoms with E-state index in [-0.39, 0.29) is 42.0 Å². The van der Waals surface area contributed by atoms with Crippen LogP contribution in [-0.2, 0) is 11.8 Å². The first-order valence-corrected chi connectivity index (χ1v) is 9.52. The van der Waals surface area contributed by atoms with E-state index in [2.05, 4.69) is 15.7 Å². The van der Waals surface area contributed by atoms with Crippen molar-refractivity contribution in [2.75, 3.05) is 18.8 Å². The molecule has 1 aromatic heterocycles. The number of aryl methyl sites for hydroxylation is 1.